The lowest BCUT2D eigenvalue weighted by atomic mass is 10.1. The van der Waals surface area contributed by atoms with Crippen molar-refractivity contribution >= 4 is 24.4 Å². The highest BCUT2D eigenvalue weighted by atomic mass is 32.1. The largest absolute Gasteiger partial charge is 0.352 e. The second-order valence-electron chi connectivity index (χ2n) is 6.45. The quantitative estimate of drug-likeness (QED) is 0.473. The highest BCUT2D eigenvalue weighted by Crippen LogP contribution is 2.18. The summed E-state index contributed by atoms with van der Waals surface area (Å²) in [7, 11) is 0. The lowest BCUT2D eigenvalue weighted by Crippen LogP contribution is -2.49. The van der Waals surface area contributed by atoms with Crippen LogP contribution in [-0.2, 0) is 4.79 Å². The summed E-state index contributed by atoms with van der Waals surface area (Å²) in [6.45, 7) is 0. The number of thiol groups is 1. The van der Waals surface area contributed by atoms with E-state index in [1.807, 2.05) is 18.2 Å². The lowest BCUT2D eigenvalue weighted by molar-refractivity contribution is -0.123. The Morgan fingerprint density at radius 2 is 1.79 bits per heavy atom. The molecule has 0 radical (unpaired) electrons. The highest BCUT2D eigenvalue weighted by Gasteiger charge is 2.24. The van der Waals surface area contributed by atoms with E-state index in [2.05, 4.69) is 23.3 Å². The summed E-state index contributed by atoms with van der Waals surface area (Å²) in [5.41, 5.74) is 0.589. The summed E-state index contributed by atoms with van der Waals surface area (Å²) in [4.78, 5) is 25.0. The molecule has 2 N–H and O–H groups in total. The first kappa shape index (κ1) is 18.8. The second-order valence-corrected chi connectivity index (χ2v) is 6.90. The molecule has 2 rings (SSSR count). The van der Waals surface area contributed by atoms with Gasteiger partial charge in [0, 0.05) is 11.6 Å². The van der Waals surface area contributed by atoms with Crippen LogP contribution < -0.4 is 10.6 Å². The Kier molecular flexibility index (Phi) is 8.16. The maximum Gasteiger partial charge on any atom is 0.251 e. The number of unbranched alkanes of at least 4 members (excludes halogenated alkanes) is 2. The van der Waals surface area contributed by atoms with Gasteiger partial charge >= 0.3 is 0 Å². The van der Waals surface area contributed by atoms with Crippen molar-refractivity contribution in [2.24, 2.45) is 0 Å². The minimum Gasteiger partial charge on any atom is -0.352 e. The molecule has 1 aliphatic carbocycles. The molecular weight excluding hydrogens is 320 g/mol. The molecule has 0 heterocycles. The first-order valence-corrected chi connectivity index (χ1v) is 9.61. The monoisotopic (exact) mass is 348 g/mol. The molecule has 1 atom stereocenters. The molecule has 0 saturated heterocycles. The normalized spacial score (nSPS) is 15.9. The smallest absolute Gasteiger partial charge is 0.251 e. The molecule has 0 aliphatic heterocycles. The van der Waals surface area contributed by atoms with E-state index in [0.717, 1.165) is 37.9 Å². The van der Waals surface area contributed by atoms with Crippen molar-refractivity contribution in [3.8, 4) is 0 Å². The van der Waals surface area contributed by atoms with Gasteiger partial charge in [0.2, 0.25) is 5.91 Å². The van der Waals surface area contributed by atoms with Crippen molar-refractivity contribution in [3.05, 3.63) is 35.9 Å². The average Bonchev–Trinajstić information content (AvgIpc) is 3.11. The number of carbonyl (C=O) groups excluding carboxylic acids is 2. The van der Waals surface area contributed by atoms with Crippen LogP contribution in [0.25, 0.3) is 0 Å². The average molecular weight is 349 g/mol. The van der Waals surface area contributed by atoms with Gasteiger partial charge in [0.15, 0.2) is 0 Å². The van der Waals surface area contributed by atoms with Gasteiger partial charge in [0.1, 0.15) is 6.04 Å². The van der Waals surface area contributed by atoms with Gasteiger partial charge < -0.3 is 10.6 Å². The standard InChI is InChI=1S/C19H28N2O2S/c22-18(15-9-3-1-4-10-15)21-17(13-5-2-8-14-24)19(23)20-16-11-6-7-12-16/h1,3-4,9-10,16-17,24H,2,5-8,11-14H2,(H,20,23)(H,21,22)/t17-/m0/s1. The van der Waals surface area contributed by atoms with Crippen LogP contribution in [-0.4, -0.2) is 29.7 Å². The van der Waals surface area contributed by atoms with Crippen LogP contribution in [0.3, 0.4) is 0 Å². The number of benzene rings is 1. The van der Waals surface area contributed by atoms with Crippen molar-refractivity contribution in [1.82, 2.24) is 10.6 Å². The molecule has 0 spiro atoms. The number of hydrogen-bond acceptors (Lipinski definition) is 3. The van der Waals surface area contributed by atoms with Gasteiger partial charge in [-0.1, -0.05) is 43.9 Å². The van der Waals surface area contributed by atoms with E-state index < -0.39 is 6.04 Å². The van der Waals surface area contributed by atoms with Crippen molar-refractivity contribution in [2.45, 2.75) is 63.5 Å². The minimum atomic E-state index is -0.460. The van der Waals surface area contributed by atoms with E-state index in [1.165, 1.54) is 12.8 Å². The van der Waals surface area contributed by atoms with Gasteiger partial charge in [-0.2, -0.15) is 12.6 Å². The molecule has 0 bridgehead atoms. The van der Waals surface area contributed by atoms with E-state index in [1.54, 1.807) is 12.1 Å². The number of amides is 2. The fourth-order valence-electron chi connectivity index (χ4n) is 3.11. The number of carbonyl (C=O) groups is 2. The molecule has 5 heteroatoms. The predicted octanol–water partition coefficient (Wildman–Crippen LogP) is 3.33. The van der Waals surface area contributed by atoms with Gasteiger partial charge in [0.05, 0.1) is 0 Å². The van der Waals surface area contributed by atoms with Crippen molar-refractivity contribution in [1.29, 1.82) is 0 Å². The maximum absolute atomic E-state index is 12.6. The zero-order chi connectivity index (χ0) is 17.2. The minimum absolute atomic E-state index is 0.0444. The van der Waals surface area contributed by atoms with Crippen LogP contribution >= 0.6 is 12.6 Å². The van der Waals surface area contributed by atoms with E-state index in [0.29, 0.717) is 12.0 Å². The molecule has 132 valence electrons. The van der Waals surface area contributed by atoms with Gasteiger partial charge in [-0.15, -0.1) is 0 Å². The van der Waals surface area contributed by atoms with Crippen LogP contribution in [0.4, 0.5) is 0 Å². The molecule has 1 saturated carbocycles. The maximum atomic E-state index is 12.6. The molecule has 2 amide bonds. The summed E-state index contributed by atoms with van der Waals surface area (Å²) in [5.74, 6) is 0.628. The number of hydrogen-bond donors (Lipinski definition) is 3. The lowest BCUT2D eigenvalue weighted by Gasteiger charge is -2.21. The second kappa shape index (κ2) is 10.4. The Bertz CT molecular complexity index is 515. The first-order chi connectivity index (χ1) is 11.7. The number of rotatable bonds is 9. The third-order valence-corrected chi connectivity index (χ3v) is 4.83. The van der Waals surface area contributed by atoms with E-state index in [4.69, 9.17) is 0 Å². The van der Waals surface area contributed by atoms with Crippen LogP contribution in [0, 0.1) is 0 Å². The van der Waals surface area contributed by atoms with Gasteiger partial charge in [-0.3, -0.25) is 9.59 Å². The van der Waals surface area contributed by atoms with E-state index >= 15 is 0 Å². The molecule has 1 aromatic carbocycles. The molecule has 1 aromatic rings. The summed E-state index contributed by atoms with van der Waals surface area (Å²) >= 11 is 4.22. The van der Waals surface area contributed by atoms with Crippen LogP contribution in [0.15, 0.2) is 30.3 Å². The van der Waals surface area contributed by atoms with Crippen molar-refractivity contribution in [3.63, 3.8) is 0 Å². The van der Waals surface area contributed by atoms with Gasteiger partial charge in [-0.25, -0.2) is 0 Å². The zero-order valence-corrected chi connectivity index (χ0v) is 15.1. The molecular formula is C19H28N2O2S. The van der Waals surface area contributed by atoms with E-state index in [-0.39, 0.29) is 17.9 Å². The van der Waals surface area contributed by atoms with Gasteiger partial charge in [-0.05, 0) is 43.6 Å². The molecule has 0 unspecified atom stereocenters. The topological polar surface area (TPSA) is 58.2 Å². The molecule has 0 aromatic heterocycles. The predicted molar refractivity (Wildman–Crippen MR) is 100 cm³/mol. The Morgan fingerprint density at radius 3 is 2.46 bits per heavy atom. The van der Waals surface area contributed by atoms with Crippen LogP contribution in [0.2, 0.25) is 0 Å². The fraction of sp³-hybridized carbons (Fsp3) is 0.579. The summed E-state index contributed by atoms with van der Waals surface area (Å²) in [5, 5.41) is 6.02. The van der Waals surface area contributed by atoms with Crippen molar-refractivity contribution in [2.75, 3.05) is 5.75 Å². The molecule has 4 nitrogen and oxygen atoms in total. The third kappa shape index (κ3) is 6.19. The highest BCUT2D eigenvalue weighted by molar-refractivity contribution is 7.80. The Hall–Kier alpha value is -1.49. The Balaban J connectivity index is 1.92. The molecule has 24 heavy (non-hydrogen) atoms. The summed E-state index contributed by atoms with van der Waals surface area (Å²) in [6, 6.07) is 8.87. The number of nitrogens with one attached hydrogen (secondary N) is 2. The summed E-state index contributed by atoms with van der Waals surface area (Å²) in [6.07, 6.45) is 8.09. The van der Waals surface area contributed by atoms with E-state index in [9.17, 15) is 9.59 Å². The fourth-order valence-corrected chi connectivity index (χ4v) is 3.33. The Labute approximate surface area is 150 Å². The molecule has 1 aliphatic rings. The SMILES string of the molecule is O=C(N[C@@H](CCCCCS)C(=O)NC1CCCC1)c1ccccc1. The van der Waals surface area contributed by atoms with Crippen LogP contribution in [0.5, 0.6) is 0 Å². The van der Waals surface area contributed by atoms with Gasteiger partial charge in [0.25, 0.3) is 5.91 Å². The Morgan fingerprint density at radius 1 is 1.08 bits per heavy atom. The van der Waals surface area contributed by atoms with Crippen molar-refractivity contribution < 1.29 is 9.59 Å². The molecule has 1 fully saturated rings. The first-order valence-electron chi connectivity index (χ1n) is 8.98. The third-order valence-electron chi connectivity index (χ3n) is 4.51. The summed E-state index contributed by atoms with van der Waals surface area (Å²) < 4.78 is 0. The zero-order valence-electron chi connectivity index (χ0n) is 14.2. The van der Waals surface area contributed by atoms with Crippen LogP contribution in [0.1, 0.15) is 61.7 Å².